The first-order valence-corrected chi connectivity index (χ1v) is 8.97. The summed E-state index contributed by atoms with van der Waals surface area (Å²) in [6.07, 6.45) is 3.48. The topological polar surface area (TPSA) is 70.6 Å². The quantitative estimate of drug-likeness (QED) is 0.738. The number of carbonyl (C=O) groups excluding carboxylic acids is 1. The van der Waals surface area contributed by atoms with Crippen molar-refractivity contribution in [2.75, 3.05) is 20.2 Å². The van der Waals surface area contributed by atoms with E-state index in [9.17, 15) is 9.90 Å². The second-order valence-corrected chi connectivity index (χ2v) is 7.09. The highest BCUT2D eigenvalue weighted by Gasteiger charge is 2.39. The zero-order chi connectivity index (χ0) is 16.9. The van der Waals surface area contributed by atoms with Crippen LogP contribution in [0, 0.1) is 11.8 Å². The summed E-state index contributed by atoms with van der Waals surface area (Å²) in [6, 6.07) is 7.88. The summed E-state index contributed by atoms with van der Waals surface area (Å²) in [5, 5.41) is 16.7. The summed E-state index contributed by atoms with van der Waals surface area (Å²) in [6.45, 7) is 2.02. The van der Waals surface area contributed by atoms with Crippen LogP contribution >= 0.6 is 0 Å². The van der Waals surface area contributed by atoms with Gasteiger partial charge >= 0.3 is 0 Å². The van der Waals surface area contributed by atoms with Gasteiger partial charge in [-0.25, -0.2) is 0 Å². The van der Waals surface area contributed by atoms with Gasteiger partial charge in [-0.3, -0.25) is 4.79 Å². The summed E-state index contributed by atoms with van der Waals surface area (Å²) >= 11 is 0. The molecule has 1 saturated carbocycles. The number of rotatable bonds is 6. The molecule has 0 bridgehead atoms. The number of ether oxygens (including phenoxy) is 1. The Balaban J connectivity index is 1.40. The minimum Gasteiger partial charge on any atom is -0.497 e. The fourth-order valence-electron chi connectivity index (χ4n) is 3.98. The molecule has 1 saturated heterocycles. The lowest BCUT2D eigenvalue weighted by Crippen LogP contribution is -2.49. The van der Waals surface area contributed by atoms with E-state index < -0.39 is 6.10 Å². The largest absolute Gasteiger partial charge is 0.497 e. The van der Waals surface area contributed by atoms with Gasteiger partial charge in [0.05, 0.1) is 19.3 Å². The van der Waals surface area contributed by atoms with Crippen molar-refractivity contribution in [2.24, 2.45) is 11.8 Å². The first kappa shape index (κ1) is 17.2. The van der Waals surface area contributed by atoms with Crippen LogP contribution in [-0.4, -0.2) is 43.4 Å². The van der Waals surface area contributed by atoms with Crippen molar-refractivity contribution in [3.63, 3.8) is 0 Å². The molecule has 1 aromatic rings. The highest BCUT2D eigenvalue weighted by Crippen LogP contribution is 2.32. The van der Waals surface area contributed by atoms with E-state index in [-0.39, 0.29) is 11.9 Å². The third-order valence-corrected chi connectivity index (χ3v) is 5.42. The minimum absolute atomic E-state index is 0.0527. The van der Waals surface area contributed by atoms with Gasteiger partial charge in [0.2, 0.25) is 5.91 Å². The van der Waals surface area contributed by atoms with Gasteiger partial charge in [0.1, 0.15) is 5.75 Å². The zero-order valence-electron chi connectivity index (χ0n) is 14.3. The lowest BCUT2D eigenvalue weighted by molar-refractivity contribution is -0.123. The number of hydrogen-bond acceptors (Lipinski definition) is 4. The summed E-state index contributed by atoms with van der Waals surface area (Å²) < 4.78 is 5.14. The summed E-state index contributed by atoms with van der Waals surface area (Å²) in [5.41, 5.74) is 1.21. The average Bonchev–Trinajstić information content (AvgIpc) is 3.03. The van der Waals surface area contributed by atoms with E-state index in [2.05, 4.69) is 10.6 Å². The molecule has 0 radical (unpaired) electrons. The maximum atomic E-state index is 12.2. The van der Waals surface area contributed by atoms with Crippen molar-refractivity contribution in [3.05, 3.63) is 29.8 Å². The second kappa shape index (κ2) is 7.99. The summed E-state index contributed by atoms with van der Waals surface area (Å²) in [5.74, 6) is 2.07. The maximum Gasteiger partial charge on any atom is 0.220 e. The Morgan fingerprint density at radius 1 is 1.25 bits per heavy atom. The van der Waals surface area contributed by atoms with Crippen LogP contribution in [0.3, 0.4) is 0 Å². The van der Waals surface area contributed by atoms with E-state index >= 15 is 0 Å². The van der Waals surface area contributed by atoms with Gasteiger partial charge < -0.3 is 20.5 Å². The average molecular weight is 332 g/mol. The molecule has 1 aliphatic carbocycles. The molecule has 1 aromatic carbocycles. The molecule has 2 fully saturated rings. The molecule has 0 spiro atoms. The van der Waals surface area contributed by atoms with E-state index in [4.69, 9.17) is 4.74 Å². The fourth-order valence-corrected chi connectivity index (χ4v) is 3.98. The predicted octanol–water partition coefficient (Wildman–Crippen LogP) is 1.49. The Labute approximate surface area is 143 Å². The highest BCUT2D eigenvalue weighted by molar-refractivity contribution is 5.76. The van der Waals surface area contributed by atoms with Gasteiger partial charge in [0, 0.05) is 6.42 Å². The number of nitrogens with one attached hydrogen (secondary N) is 2. The van der Waals surface area contributed by atoms with Crippen LogP contribution in [0.4, 0.5) is 0 Å². The van der Waals surface area contributed by atoms with Crippen molar-refractivity contribution >= 4 is 5.91 Å². The van der Waals surface area contributed by atoms with Crippen molar-refractivity contribution in [2.45, 2.75) is 44.2 Å². The molecule has 4 atom stereocenters. The second-order valence-electron chi connectivity index (χ2n) is 7.09. The SMILES string of the molecule is COc1ccc(CCCC(=O)N[C@H]2C[C@H]3CNC[C@H]3C[C@@H]2O)cc1. The third-order valence-electron chi connectivity index (χ3n) is 5.42. The van der Waals surface area contributed by atoms with E-state index in [1.165, 1.54) is 5.56 Å². The molecule has 5 heteroatoms. The van der Waals surface area contributed by atoms with E-state index in [0.29, 0.717) is 18.3 Å². The Hall–Kier alpha value is -1.59. The van der Waals surface area contributed by atoms with E-state index in [1.54, 1.807) is 7.11 Å². The molecule has 1 heterocycles. The van der Waals surface area contributed by atoms with Gasteiger partial charge in [-0.05, 0) is 68.3 Å². The van der Waals surface area contributed by atoms with Crippen molar-refractivity contribution in [1.29, 1.82) is 0 Å². The smallest absolute Gasteiger partial charge is 0.220 e. The normalized spacial score (nSPS) is 29.1. The number of amides is 1. The predicted molar refractivity (Wildman–Crippen MR) is 93.0 cm³/mol. The van der Waals surface area contributed by atoms with Gasteiger partial charge in [-0.1, -0.05) is 12.1 Å². The molecule has 0 unspecified atom stereocenters. The molecule has 5 nitrogen and oxygen atoms in total. The Morgan fingerprint density at radius 3 is 2.67 bits per heavy atom. The Bertz CT molecular complexity index is 546. The first-order chi connectivity index (χ1) is 11.7. The number of methoxy groups -OCH3 is 1. The van der Waals surface area contributed by atoms with Crippen molar-refractivity contribution < 1.29 is 14.6 Å². The van der Waals surface area contributed by atoms with Crippen LogP contribution in [-0.2, 0) is 11.2 Å². The number of aryl methyl sites for hydroxylation is 1. The zero-order valence-corrected chi connectivity index (χ0v) is 14.3. The van der Waals surface area contributed by atoms with Crippen molar-refractivity contribution in [3.8, 4) is 5.75 Å². The number of fused-ring (bicyclic) bond motifs is 1. The number of aliphatic hydroxyl groups is 1. The molecule has 3 rings (SSSR count). The van der Waals surface area contributed by atoms with E-state index in [1.807, 2.05) is 24.3 Å². The van der Waals surface area contributed by atoms with Crippen LogP contribution in [0.15, 0.2) is 24.3 Å². The maximum absolute atomic E-state index is 12.2. The lowest BCUT2D eigenvalue weighted by atomic mass is 9.77. The Morgan fingerprint density at radius 2 is 1.96 bits per heavy atom. The van der Waals surface area contributed by atoms with Crippen molar-refractivity contribution in [1.82, 2.24) is 10.6 Å². The number of carbonyl (C=O) groups is 1. The molecular formula is C19H28N2O3. The lowest BCUT2D eigenvalue weighted by Gasteiger charge is -2.35. The molecule has 1 aliphatic heterocycles. The van der Waals surface area contributed by atoms with Gasteiger partial charge in [-0.15, -0.1) is 0 Å². The number of aliphatic hydroxyl groups excluding tert-OH is 1. The van der Waals surface area contributed by atoms with Gasteiger partial charge in [-0.2, -0.15) is 0 Å². The molecule has 2 aliphatic rings. The fraction of sp³-hybridized carbons (Fsp3) is 0.632. The van der Waals surface area contributed by atoms with Crippen LogP contribution in [0.2, 0.25) is 0 Å². The first-order valence-electron chi connectivity index (χ1n) is 8.97. The number of benzene rings is 1. The monoisotopic (exact) mass is 332 g/mol. The highest BCUT2D eigenvalue weighted by atomic mass is 16.5. The van der Waals surface area contributed by atoms with Crippen LogP contribution in [0.25, 0.3) is 0 Å². The van der Waals surface area contributed by atoms with Gasteiger partial charge in [0.15, 0.2) is 0 Å². The molecule has 24 heavy (non-hydrogen) atoms. The third kappa shape index (κ3) is 4.28. The minimum atomic E-state index is -0.406. The summed E-state index contributed by atoms with van der Waals surface area (Å²) in [4.78, 5) is 12.2. The van der Waals surface area contributed by atoms with Crippen LogP contribution in [0.1, 0.15) is 31.2 Å². The van der Waals surface area contributed by atoms with Crippen LogP contribution in [0.5, 0.6) is 5.75 Å². The number of hydrogen-bond donors (Lipinski definition) is 3. The molecule has 1 amide bonds. The van der Waals surface area contributed by atoms with Gasteiger partial charge in [0.25, 0.3) is 0 Å². The molecule has 3 N–H and O–H groups in total. The Kier molecular flexibility index (Phi) is 5.74. The summed E-state index contributed by atoms with van der Waals surface area (Å²) in [7, 11) is 1.66. The van der Waals surface area contributed by atoms with Crippen LogP contribution < -0.4 is 15.4 Å². The molecular weight excluding hydrogens is 304 g/mol. The standard InChI is InChI=1S/C19H28N2O3/c1-24-16-7-5-13(6-8-16)3-2-4-19(23)21-17-9-14-11-20-12-15(14)10-18(17)22/h5-8,14-15,17-18,20,22H,2-4,9-12H2,1H3,(H,21,23)/t14-,15+,17-,18-/m0/s1. The van der Waals surface area contributed by atoms with E-state index in [0.717, 1.165) is 44.5 Å². The molecule has 0 aromatic heterocycles. The molecule has 132 valence electrons.